The molecule has 0 spiro atoms. The van der Waals surface area contributed by atoms with Crippen LogP contribution in [0.4, 0.5) is 9.52 Å². The maximum atomic E-state index is 13.6. The van der Waals surface area contributed by atoms with E-state index in [1.807, 2.05) is 0 Å². The first-order chi connectivity index (χ1) is 11.7. The van der Waals surface area contributed by atoms with Crippen LogP contribution in [0.25, 0.3) is 11.0 Å². The summed E-state index contributed by atoms with van der Waals surface area (Å²) in [6.07, 6.45) is 5.03. The molecular formula is C17H15FN2O3S. The summed E-state index contributed by atoms with van der Waals surface area (Å²) in [4.78, 5) is 17.8. The number of benzene rings is 1. The van der Waals surface area contributed by atoms with Crippen molar-refractivity contribution in [2.75, 3.05) is 18.5 Å². The average Bonchev–Trinajstić information content (AvgIpc) is 3.29. The highest BCUT2D eigenvalue weighted by Crippen LogP contribution is 2.27. The van der Waals surface area contributed by atoms with Crippen molar-refractivity contribution in [3.63, 3.8) is 0 Å². The monoisotopic (exact) mass is 346 g/mol. The standard InChI is InChI=1S/C17H15FN2O3S/c18-14-3-1-2-12-13(9-23-15(12)14)16(21)20-17-19-7-11(24-17)6-10-4-5-22-8-10/h1-3,7,9-10H,4-6,8H2,(H,19,20,21). The summed E-state index contributed by atoms with van der Waals surface area (Å²) in [5.41, 5.74) is 0.383. The van der Waals surface area contributed by atoms with Crippen molar-refractivity contribution in [2.24, 2.45) is 5.92 Å². The molecule has 1 aromatic carbocycles. The van der Waals surface area contributed by atoms with E-state index in [4.69, 9.17) is 9.15 Å². The Balaban J connectivity index is 1.49. The summed E-state index contributed by atoms with van der Waals surface area (Å²) in [6.45, 7) is 1.60. The van der Waals surface area contributed by atoms with Gasteiger partial charge in [-0.15, -0.1) is 11.3 Å². The lowest BCUT2D eigenvalue weighted by atomic mass is 10.1. The van der Waals surface area contributed by atoms with Gasteiger partial charge in [-0.3, -0.25) is 10.1 Å². The largest absolute Gasteiger partial charge is 0.460 e. The predicted molar refractivity (Wildman–Crippen MR) is 88.9 cm³/mol. The number of furan rings is 1. The first-order valence-corrected chi connectivity index (χ1v) is 8.52. The van der Waals surface area contributed by atoms with E-state index in [0.29, 0.717) is 22.0 Å². The van der Waals surface area contributed by atoms with E-state index in [-0.39, 0.29) is 11.5 Å². The number of hydrogen-bond acceptors (Lipinski definition) is 5. The van der Waals surface area contributed by atoms with E-state index in [1.54, 1.807) is 18.3 Å². The highest BCUT2D eigenvalue weighted by molar-refractivity contribution is 7.15. The Kier molecular flexibility index (Phi) is 4.03. The Morgan fingerprint density at radius 2 is 2.38 bits per heavy atom. The maximum absolute atomic E-state index is 13.6. The Morgan fingerprint density at radius 3 is 3.21 bits per heavy atom. The van der Waals surface area contributed by atoms with Crippen LogP contribution in [0.3, 0.4) is 0 Å². The molecule has 3 aromatic rings. The number of hydrogen-bond donors (Lipinski definition) is 1. The lowest BCUT2D eigenvalue weighted by Crippen LogP contribution is -2.10. The number of aromatic nitrogens is 1. The lowest BCUT2D eigenvalue weighted by Gasteiger charge is -2.03. The number of carbonyl (C=O) groups excluding carboxylic acids is 1. The molecule has 0 radical (unpaired) electrons. The number of nitrogens with zero attached hydrogens (tertiary/aromatic N) is 1. The van der Waals surface area contributed by atoms with Crippen LogP contribution in [-0.4, -0.2) is 24.1 Å². The van der Waals surface area contributed by atoms with E-state index >= 15 is 0 Å². The van der Waals surface area contributed by atoms with Gasteiger partial charge in [0.25, 0.3) is 5.91 Å². The summed E-state index contributed by atoms with van der Waals surface area (Å²) >= 11 is 1.45. The minimum atomic E-state index is -0.484. The Hall–Kier alpha value is -2.25. The SMILES string of the molecule is O=C(Nc1ncc(CC2CCOC2)s1)c1coc2c(F)cccc12. The molecule has 0 aliphatic carbocycles. The second kappa shape index (κ2) is 6.33. The lowest BCUT2D eigenvalue weighted by molar-refractivity contribution is 0.102. The fraction of sp³-hybridized carbons (Fsp3) is 0.294. The minimum absolute atomic E-state index is 0.0868. The second-order valence-electron chi connectivity index (χ2n) is 5.79. The Morgan fingerprint density at radius 1 is 1.46 bits per heavy atom. The highest BCUT2D eigenvalue weighted by atomic mass is 32.1. The van der Waals surface area contributed by atoms with Crippen molar-refractivity contribution in [1.82, 2.24) is 4.98 Å². The fourth-order valence-electron chi connectivity index (χ4n) is 2.85. The summed E-state index contributed by atoms with van der Waals surface area (Å²) in [5, 5.41) is 3.73. The number of rotatable bonds is 4. The molecule has 0 saturated carbocycles. The summed E-state index contributed by atoms with van der Waals surface area (Å²) in [6, 6.07) is 4.51. The zero-order valence-electron chi connectivity index (χ0n) is 12.8. The third kappa shape index (κ3) is 2.92. The second-order valence-corrected chi connectivity index (χ2v) is 6.90. The minimum Gasteiger partial charge on any atom is -0.460 e. The van der Waals surface area contributed by atoms with Gasteiger partial charge >= 0.3 is 0 Å². The molecule has 0 bridgehead atoms. The number of halogens is 1. The van der Waals surface area contributed by atoms with Gasteiger partial charge in [0.15, 0.2) is 16.5 Å². The number of carbonyl (C=O) groups is 1. The molecule has 3 heterocycles. The third-order valence-electron chi connectivity index (χ3n) is 4.08. The van der Waals surface area contributed by atoms with Crippen molar-refractivity contribution in [3.05, 3.63) is 46.9 Å². The molecule has 1 fully saturated rings. The molecule has 24 heavy (non-hydrogen) atoms. The van der Waals surface area contributed by atoms with Gasteiger partial charge in [0.2, 0.25) is 0 Å². The quantitative estimate of drug-likeness (QED) is 0.779. The number of para-hydroxylation sites is 1. The molecule has 4 rings (SSSR count). The molecule has 1 saturated heterocycles. The Bertz CT molecular complexity index is 883. The molecule has 1 N–H and O–H groups in total. The van der Waals surface area contributed by atoms with Gasteiger partial charge in [0.1, 0.15) is 6.26 Å². The molecular weight excluding hydrogens is 331 g/mol. The van der Waals surface area contributed by atoms with E-state index in [0.717, 1.165) is 30.9 Å². The van der Waals surface area contributed by atoms with Gasteiger partial charge in [-0.25, -0.2) is 9.37 Å². The topological polar surface area (TPSA) is 64.4 Å². The summed E-state index contributed by atoms with van der Waals surface area (Å²) < 4.78 is 24.2. The van der Waals surface area contributed by atoms with Crippen LogP contribution in [0.15, 0.2) is 35.1 Å². The molecule has 124 valence electrons. The van der Waals surface area contributed by atoms with Crippen LogP contribution in [-0.2, 0) is 11.2 Å². The van der Waals surface area contributed by atoms with Gasteiger partial charge in [0, 0.05) is 29.7 Å². The molecule has 1 unspecified atom stereocenters. The average molecular weight is 346 g/mol. The van der Waals surface area contributed by atoms with Gasteiger partial charge in [-0.2, -0.15) is 0 Å². The molecule has 1 amide bonds. The van der Waals surface area contributed by atoms with Crippen LogP contribution in [0.1, 0.15) is 21.7 Å². The van der Waals surface area contributed by atoms with Crippen molar-refractivity contribution in [1.29, 1.82) is 0 Å². The zero-order chi connectivity index (χ0) is 16.5. The summed E-state index contributed by atoms with van der Waals surface area (Å²) in [5.74, 6) is -0.318. The van der Waals surface area contributed by atoms with Crippen LogP contribution in [0, 0.1) is 11.7 Å². The van der Waals surface area contributed by atoms with Crippen molar-refractivity contribution in [2.45, 2.75) is 12.8 Å². The zero-order valence-corrected chi connectivity index (χ0v) is 13.6. The van der Waals surface area contributed by atoms with Gasteiger partial charge in [-0.1, -0.05) is 12.1 Å². The molecule has 5 nitrogen and oxygen atoms in total. The maximum Gasteiger partial charge on any atom is 0.261 e. The predicted octanol–water partition coefficient (Wildman–Crippen LogP) is 3.86. The smallest absolute Gasteiger partial charge is 0.261 e. The first-order valence-electron chi connectivity index (χ1n) is 7.70. The molecule has 2 aromatic heterocycles. The van der Waals surface area contributed by atoms with E-state index in [1.165, 1.54) is 23.7 Å². The molecule has 1 aliphatic rings. The van der Waals surface area contributed by atoms with Gasteiger partial charge in [0.05, 0.1) is 5.56 Å². The third-order valence-corrected chi connectivity index (χ3v) is 5.02. The van der Waals surface area contributed by atoms with E-state index in [9.17, 15) is 9.18 Å². The number of nitrogens with one attached hydrogen (secondary N) is 1. The summed E-state index contributed by atoms with van der Waals surface area (Å²) in [7, 11) is 0. The molecule has 7 heteroatoms. The number of thiazole rings is 1. The van der Waals surface area contributed by atoms with Crippen LogP contribution < -0.4 is 5.32 Å². The number of anilines is 1. The van der Waals surface area contributed by atoms with E-state index in [2.05, 4.69) is 10.3 Å². The van der Waals surface area contributed by atoms with Crippen molar-refractivity contribution >= 4 is 33.3 Å². The van der Waals surface area contributed by atoms with Crippen LogP contribution in [0.5, 0.6) is 0 Å². The van der Waals surface area contributed by atoms with Crippen molar-refractivity contribution in [3.8, 4) is 0 Å². The van der Waals surface area contributed by atoms with Crippen LogP contribution >= 0.6 is 11.3 Å². The molecule has 1 aliphatic heterocycles. The first kappa shape index (κ1) is 15.3. The number of amides is 1. The van der Waals surface area contributed by atoms with Crippen LogP contribution in [0.2, 0.25) is 0 Å². The van der Waals surface area contributed by atoms with Gasteiger partial charge in [-0.05, 0) is 24.8 Å². The Labute approximate surface area is 141 Å². The fourth-order valence-corrected chi connectivity index (χ4v) is 3.77. The van der Waals surface area contributed by atoms with Gasteiger partial charge < -0.3 is 9.15 Å². The van der Waals surface area contributed by atoms with Crippen molar-refractivity contribution < 1.29 is 18.3 Å². The normalized spacial score (nSPS) is 17.5. The highest BCUT2D eigenvalue weighted by Gasteiger charge is 2.19. The number of fused-ring (bicyclic) bond motifs is 1. The number of ether oxygens (including phenoxy) is 1. The van der Waals surface area contributed by atoms with E-state index < -0.39 is 5.82 Å². The molecule has 1 atom stereocenters.